The van der Waals surface area contributed by atoms with Gasteiger partial charge >= 0.3 is 0 Å². The molecule has 12 heteroatoms. The smallest absolute Gasteiger partial charge is 0.260 e. The summed E-state index contributed by atoms with van der Waals surface area (Å²) in [5.41, 5.74) is 7.81. The van der Waals surface area contributed by atoms with E-state index in [0.29, 0.717) is 78.0 Å². The van der Waals surface area contributed by atoms with Crippen LogP contribution in [0.15, 0.2) is 95.2 Å². The topological polar surface area (TPSA) is 127 Å². The zero-order valence-electron chi connectivity index (χ0n) is 31.9. The Balaban J connectivity index is 0.900. The molecule has 0 saturated heterocycles. The number of carbonyl (C=O) groups is 1. The quantitative estimate of drug-likeness (QED) is 0.138. The highest BCUT2D eigenvalue weighted by Crippen LogP contribution is 2.44. The fourth-order valence-corrected chi connectivity index (χ4v) is 7.56. The highest BCUT2D eigenvalue weighted by atomic mass is 16.5. The summed E-state index contributed by atoms with van der Waals surface area (Å²) in [6, 6.07) is 23.1. The molecule has 4 aliphatic heterocycles. The number of aliphatic hydroxyl groups is 1. The zero-order chi connectivity index (χ0) is 38.8. The number of carbonyl (C=O) groups excluding carboxylic acids is 1. The highest BCUT2D eigenvalue weighted by Gasteiger charge is 2.35. The maximum absolute atomic E-state index is 13.8. The van der Waals surface area contributed by atoms with Crippen LogP contribution in [0.1, 0.15) is 58.1 Å². The summed E-state index contributed by atoms with van der Waals surface area (Å²) in [4.78, 5) is 27.0. The Hall–Kier alpha value is -6.11. The van der Waals surface area contributed by atoms with E-state index >= 15 is 0 Å². The molecular formula is C44H45N5O7. The highest BCUT2D eigenvalue weighted by molar-refractivity contribution is 6.05. The Kier molecular flexibility index (Phi) is 10.5. The van der Waals surface area contributed by atoms with Crippen LogP contribution in [0.3, 0.4) is 0 Å². The molecule has 0 bridgehead atoms. The van der Waals surface area contributed by atoms with Gasteiger partial charge in [0.05, 0.1) is 63.6 Å². The summed E-state index contributed by atoms with van der Waals surface area (Å²) in [7, 11) is 6.71. The predicted molar refractivity (Wildman–Crippen MR) is 216 cm³/mol. The summed E-state index contributed by atoms with van der Waals surface area (Å²) in [5.74, 6) is 2.62. The number of amides is 1. The van der Waals surface area contributed by atoms with E-state index in [1.54, 1.807) is 50.5 Å². The molecule has 2 N–H and O–H groups in total. The van der Waals surface area contributed by atoms with Crippen LogP contribution in [-0.2, 0) is 6.54 Å². The number of nitrogens with one attached hydrogen (secondary N) is 1. The van der Waals surface area contributed by atoms with Crippen molar-refractivity contribution in [1.82, 2.24) is 15.1 Å². The molecule has 4 heterocycles. The van der Waals surface area contributed by atoms with Crippen LogP contribution >= 0.6 is 0 Å². The molecule has 12 nitrogen and oxygen atoms in total. The molecule has 0 spiro atoms. The van der Waals surface area contributed by atoms with Gasteiger partial charge in [-0.2, -0.15) is 0 Å². The molecule has 0 fully saturated rings. The van der Waals surface area contributed by atoms with Crippen molar-refractivity contribution in [2.24, 2.45) is 9.98 Å². The molecule has 1 amide bonds. The van der Waals surface area contributed by atoms with Gasteiger partial charge in [0.25, 0.3) is 5.91 Å². The van der Waals surface area contributed by atoms with Gasteiger partial charge in [0, 0.05) is 61.9 Å². The molecule has 288 valence electrons. The van der Waals surface area contributed by atoms with Crippen LogP contribution in [-0.4, -0.2) is 86.9 Å². The number of aliphatic imine (C=N–C) groups is 2. The second kappa shape index (κ2) is 15.9. The average molecular weight is 756 g/mol. The molecule has 8 rings (SSSR count). The Morgan fingerprint density at radius 2 is 1.34 bits per heavy atom. The van der Waals surface area contributed by atoms with Gasteiger partial charge in [-0.25, -0.2) is 0 Å². The van der Waals surface area contributed by atoms with E-state index in [1.807, 2.05) is 61.0 Å². The lowest BCUT2D eigenvalue weighted by molar-refractivity contribution is 0.0336. The van der Waals surface area contributed by atoms with Crippen molar-refractivity contribution >= 4 is 40.9 Å². The van der Waals surface area contributed by atoms with Crippen LogP contribution in [0.2, 0.25) is 0 Å². The first-order chi connectivity index (χ1) is 27.4. The Morgan fingerprint density at radius 3 is 2.02 bits per heavy atom. The lowest BCUT2D eigenvalue weighted by Gasteiger charge is -2.27. The number of ether oxygens (including phenoxy) is 5. The summed E-state index contributed by atoms with van der Waals surface area (Å²) < 4.78 is 29.0. The minimum absolute atomic E-state index is 0.102. The van der Waals surface area contributed by atoms with Gasteiger partial charge in [-0.3, -0.25) is 14.8 Å². The van der Waals surface area contributed by atoms with Gasteiger partial charge in [0.1, 0.15) is 5.75 Å². The molecule has 1 unspecified atom stereocenters. The summed E-state index contributed by atoms with van der Waals surface area (Å²) >= 11 is 0. The van der Waals surface area contributed by atoms with E-state index < -0.39 is 6.23 Å². The number of benzene rings is 4. The van der Waals surface area contributed by atoms with E-state index in [1.165, 1.54) is 5.56 Å². The first-order valence-corrected chi connectivity index (χ1v) is 18.7. The van der Waals surface area contributed by atoms with Crippen molar-refractivity contribution in [3.05, 3.63) is 113 Å². The van der Waals surface area contributed by atoms with Crippen molar-refractivity contribution in [1.29, 1.82) is 0 Å². The maximum Gasteiger partial charge on any atom is 0.260 e. The maximum atomic E-state index is 13.8. The number of rotatable bonds is 13. The second-order valence-electron chi connectivity index (χ2n) is 14.0. The molecule has 4 aliphatic rings. The summed E-state index contributed by atoms with van der Waals surface area (Å²) in [6.07, 6.45) is 8.67. The minimum atomic E-state index is -0.919. The molecule has 56 heavy (non-hydrogen) atoms. The van der Waals surface area contributed by atoms with Crippen molar-refractivity contribution in [3.8, 4) is 28.7 Å². The van der Waals surface area contributed by atoms with E-state index in [0.717, 1.165) is 34.6 Å². The molecule has 0 radical (unpaired) electrons. The van der Waals surface area contributed by atoms with Gasteiger partial charge in [-0.1, -0.05) is 36.4 Å². The van der Waals surface area contributed by atoms with E-state index in [2.05, 4.69) is 29.6 Å². The van der Waals surface area contributed by atoms with Crippen LogP contribution in [0, 0.1) is 0 Å². The number of aliphatic hydroxyl groups excluding tert-OH is 1. The lowest BCUT2D eigenvalue weighted by atomic mass is 10.0. The lowest BCUT2D eigenvalue weighted by Crippen LogP contribution is -2.32. The monoisotopic (exact) mass is 755 g/mol. The normalized spacial score (nSPS) is 19.2. The number of methoxy groups -OCH3 is 3. The molecule has 4 aromatic rings. The minimum Gasteiger partial charge on any atom is -0.497 e. The van der Waals surface area contributed by atoms with Gasteiger partial charge in [0.15, 0.2) is 29.2 Å². The van der Waals surface area contributed by atoms with E-state index in [4.69, 9.17) is 33.7 Å². The van der Waals surface area contributed by atoms with Gasteiger partial charge in [-0.05, 0) is 65.6 Å². The van der Waals surface area contributed by atoms with Crippen LogP contribution < -0.4 is 29.0 Å². The fraction of sp³-hybridized carbons (Fsp3) is 0.295. The number of nitrogens with zero attached hydrogens (tertiary/aromatic N) is 4. The third-order valence-corrected chi connectivity index (χ3v) is 10.6. The number of hydrogen-bond donors (Lipinski definition) is 2. The third kappa shape index (κ3) is 7.20. The summed E-state index contributed by atoms with van der Waals surface area (Å²) in [5, 5.41) is 14.7. The second-order valence-corrected chi connectivity index (χ2v) is 14.0. The van der Waals surface area contributed by atoms with Crippen LogP contribution in [0.5, 0.6) is 28.7 Å². The SMILES string of the molecule is CNCc1ccc(C2=CN3C(=O)c4cc(OC)c(OCCCOc5cc6c(cc5OC)C(O)N5C=C(c7ccc(OC)cc7)C[C@H]5C=N6)cc4N=C[C@@H]3C2)cc1. The number of hydrogen-bond acceptors (Lipinski definition) is 11. The van der Waals surface area contributed by atoms with Gasteiger partial charge < -0.3 is 43.9 Å². The van der Waals surface area contributed by atoms with Crippen LogP contribution in [0.4, 0.5) is 11.4 Å². The molecule has 0 saturated carbocycles. The summed E-state index contributed by atoms with van der Waals surface area (Å²) in [6.45, 7) is 1.46. The molecule has 3 atom stereocenters. The molecule has 0 aromatic heterocycles. The standard InChI is InChI=1S/C44H45N5O7/c1-45-22-27-6-8-28(9-7-27)30-16-32-23-46-37-20-41(39(53-3)18-35(37)43(50)48(32)25-30)55-14-5-15-56-42-21-38-36(19-40(42)54-4)44(51)49-26-31(17-33(49)24-47-38)29-10-12-34(52-2)13-11-29/h6-13,18-21,23-26,32-33,44-45,51H,5,14-17,22H2,1-4H3/t32-,33-,44?/m0/s1. The predicted octanol–water partition coefficient (Wildman–Crippen LogP) is 7.07. The van der Waals surface area contributed by atoms with Crippen molar-refractivity contribution < 1.29 is 33.6 Å². The van der Waals surface area contributed by atoms with Gasteiger partial charge in [-0.15, -0.1) is 0 Å². The first-order valence-electron chi connectivity index (χ1n) is 18.7. The largest absolute Gasteiger partial charge is 0.497 e. The van der Waals surface area contributed by atoms with E-state index in [-0.39, 0.29) is 18.0 Å². The zero-order valence-corrected chi connectivity index (χ0v) is 31.9. The molecular weight excluding hydrogens is 711 g/mol. The third-order valence-electron chi connectivity index (χ3n) is 10.6. The average Bonchev–Trinajstić information content (AvgIpc) is 3.81. The fourth-order valence-electron chi connectivity index (χ4n) is 7.56. The molecule has 4 aromatic carbocycles. The van der Waals surface area contributed by atoms with E-state index in [9.17, 15) is 9.90 Å². The Labute approximate surface area is 326 Å². The Bertz CT molecular complexity index is 2230. The van der Waals surface area contributed by atoms with Gasteiger partial charge in [0.2, 0.25) is 0 Å². The van der Waals surface area contributed by atoms with Crippen molar-refractivity contribution in [3.63, 3.8) is 0 Å². The Morgan fingerprint density at radius 1 is 0.732 bits per heavy atom. The number of fused-ring (bicyclic) bond motifs is 4. The van der Waals surface area contributed by atoms with Crippen molar-refractivity contribution in [2.45, 2.75) is 44.1 Å². The first kappa shape index (κ1) is 36.8. The molecule has 0 aliphatic carbocycles. The van der Waals surface area contributed by atoms with Crippen molar-refractivity contribution in [2.75, 3.05) is 41.6 Å². The van der Waals surface area contributed by atoms with Crippen LogP contribution in [0.25, 0.3) is 11.1 Å².